The van der Waals surface area contributed by atoms with Gasteiger partial charge in [0.2, 0.25) is 5.91 Å². The maximum atomic E-state index is 12.5. The fourth-order valence-electron chi connectivity index (χ4n) is 3.40. The van der Waals surface area contributed by atoms with E-state index in [2.05, 4.69) is 26.7 Å². The first-order valence-corrected chi connectivity index (χ1v) is 10.3. The number of carbonyl (C=O) groups is 1. The molecule has 2 aromatic rings. The van der Waals surface area contributed by atoms with E-state index < -0.39 is 24.4 Å². The predicted molar refractivity (Wildman–Crippen MR) is 114 cm³/mol. The molecule has 0 aliphatic heterocycles. The summed E-state index contributed by atoms with van der Waals surface area (Å²) >= 11 is 3.38. The molecule has 0 radical (unpaired) electrons. The number of nitrogens with two attached hydrogens (primary N) is 1. The Morgan fingerprint density at radius 3 is 2.06 bits per heavy atom. The van der Waals surface area contributed by atoms with E-state index in [9.17, 15) is 23.2 Å². The molecule has 1 amide bonds. The van der Waals surface area contributed by atoms with Gasteiger partial charge in [-0.15, -0.1) is 13.2 Å². The number of rotatable bonds is 9. The summed E-state index contributed by atoms with van der Waals surface area (Å²) in [6, 6.07) is 13.5. The average molecular weight is 498 g/mol. The number of benzene rings is 2. The molecule has 0 unspecified atom stereocenters. The molecule has 5 nitrogen and oxygen atoms in total. The van der Waals surface area contributed by atoms with Gasteiger partial charge in [-0.1, -0.05) is 54.0 Å². The highest BCUT2D eigenvalue weighted by molar-refractivity contribution is 9.10. The molecular weight excluding hydrogens is 475 g/mol. The Bertz CT molecular complexity index is 910. The Morgan fingerprint density at radius 2 is 1.65 bits per heavy atom. The molecule has 31 heavy (non-hydrogen) atoms. The van der Waals surface area contributed by atoms with E-state index in [1.807, 2.05) is 38.1 Å². The van der Waals surface area contributed by atoms with E-state index >= 15 is 0 Å². The van der Waals surface area contributed by atoms with Gasteiger partial charge in [0.05, 0.1) is 24.7 Å². The third-order valence-electron chi connectivity index (χ3n) is 4.62. The Labute approximate surface area is 187 Å². The summed E-state index contributed by atoms with van der Waals surface area (Å²) in [4.78, 5) is 14.0. The van der Waals surface area contributed by atoms with Gasteiger partial charge in [0, 0.05) is 4.47 Å². The van der Waals surface area contributed by atoms with Gasteiger partial charge in [-0.05, 0) is 47.7 Å². The Morgan fingerprint density at radius 1 is 1.13 bits per heavy atom. The van der Waals surface area contributed by atoms with Gasteiger partial charge in [-0.25, -0.2) is 0 Å². The van der Waals surface area contributed by atoms with Gasteiger partial charge in [-0.3, -0.25) is 9.69 Å². The molecule has 0 fully saturated rings. The summed E-state index contributed by atoms with van der Waals surface area (Å²) in [6.45, 7) is 3.79. The molecule has 166 valence electrons. The fourth-order valence-corrected chi connectivity index (χ4v) is 3.66. The lowest BCUT2D eigenvalue weighted by molar-refractivity contribution is -0.274. The number of hydrogen-bond donors (Lipinski definition) is 1. The van der Waals surface area contributed by atoms with Crippen LogP contribution in [0.5, 0.6) is 5.75 Å². The van der Waals surface area contributed by atoms with Crippen LogP contribution >= 0.6 is 15.9 Å². The van der Waals surface area contributed by atoms with Crippen molar-refractivity contribution < 1.29 is 22.7 Å². The zero-order valence-electron chi connectivity index (χ0n) is 17.1. The van der Waals surface area contributed by atoms with Gasteiger partial charge >= 0.3 is 6.36 Å². The summed E-state index contributed by atoms with van der Waals surface area (Å²) in [5.41, 5.74) is 7.05. The number of primary amides is 1. The van der Waals surface area contributed by atoms with Gasteiger partial charge in [0.1, 0.15) is 5.75 Å². The first kappa shape index (κ1) is 24.7. The topological polar surface area (TPSA) is 79.4 Å². The number of carbonyl (C=O) groups excluding carboxylic acids is 1. The number of alkyl halides is 3. The molecule has 0 bridgehead atoms. The minimum atomic E-state index is -4.80. The molecule has 0 spiro atoms. The lowest BCUT2D eigenvalue weighted by atomic mass is 9.93. The predicted octanol–water partition coefficient (Wildman–Crippen LogP) is 5.16. The van der Waals surface area contributed by atoms with Crippen molar-refractivity contribution in [3.05, 3.63) is 64.1 Å². The largest absolute Gasteiger partial charge is 0.573 e. The van der Waals surface area contributed by atoms with Crippen LogP contribution < -0.4 is 10.5 Å². The second-order valence-electron chi connectivity index (χ2n) is 7.45. The van der Waals surface area contributed by atoms with E-state index in [0.29, 0.717) is 12.0 Å². The zero-order chi connectivity index (χ0) is 23.2. The Hall–Kier alpha value is -2.57. The number of ether oxygens (including phenoxy) is 1. The Kier molecular flexibility index (Phi) is 8.48. The van der Waals surface area contributed by atoms with E-state index in [0.717, 1.165) is 10.0 Å². The quantitative estimate of drug-likeness (QED) is 0.485. The summed E-state index contributed by atoms with van der Waals surface area (Å²) in [6.07, 6.45) is -4.37. The monoisotopic (exact) mass is 497 g/mol. The van der Waals surface area contributed by atoms with Crippen LogP contribution in [0.2, 0.25) is 0 Å². The van der Waals surface area contributed by atoms with Crippen LogP contribution in [0.3, 0.4) is 0 Å². The van der Waals surface area contributed by atoms with Crippen LogP contribution in [-0.2, 0) is 4.79 Å². The molecule has 0 saturated heterocycles. The maximum absolute atomic E-state index is 12.5. The standard InChI is InChI=1S/C22H23BrF3N3O2/c1-14(2)13-19(21(28)30)29(12-11-27)20(15-3-7-17(23)8-4-15)16-5-9-18(10-6-16)31-22(24,25)26/h3-10,14,19-20H,12-13H2,1-2H3,(H2,28,30)/t19-,20-/m0/s1. The molecule has 0 heterocycles. The van der Waals surface area contributed by atoms with Crippen LogP contribution in [0.4, 0.5) is 13.2 Å². The minimum Gasteiger partial charge on any atom is -0.406 e. The van der Waals surface area contributed by atoms with Crippen LogP contribution in [0.1, 0.15) is 37.4 Å². The lowest BCUT2D eigenvalue weighted by Crippen LogP contribution is -2.47. The molecule has 0 saturated carbocycles. The smallest absolute Gasteiger partial charge is 0.406 e. The zero-order valence-corrected chi connectivity index (χ0v) is 18.7. The van der Waals surface area contributed by atoms with Crippen molar-refractivity contribution in [2.45, 2.75) is 38.7 Å². The van der Waals surface area contributed by atoms with Crippen LogP contribution in [0.25, 0.3) is 0 Å². The highest BCUT2D eigenvalue weighted by Gasteiger charge is 2.34. The maximum Gasteiger partial charge on any atom is 0.573 e. The third-order valence-corrected chi connectivity index (χ3v) is 5.15. The minimum absolute atomic E-state index is 0.0954. The van der Waals surface area contributed by atoms with E-state index in [1.54, 1.807) is 4.90 Å². The molecular formula is C22H23BrF3N3O2. The SMILES string of the molecule is CC(C)C[C@@H](C(N)=O)N(CC#N)[C@@H](c1ccc(Br)cc1)c1ccc(OC(F)(F)F)cc1. The van der Waals surface area contributed by atoms with Crippen LogP contribution in [0, 0.1) is 17.2 Å². The van der Waals surface area contributed by atoms with E-state index in [-0.39, 0.29) is 18.2 Å². The van der Waals surface area contributed by atoms with E-state index in [1.165, 1.54) is 24.3 Å². The van der Waals surface area contributed by atoms with Crippen molar-refractivity contribution in [3.63, 3.8) is 0 Å². The molecule has 0 aliphatic rings. The molecule has 0 aliphatic carbocycles. The number of nitriles is 1. The second kappa shape index (κ2) is 10.6. The van der Waals surface area contributed by atoms with Crippen molar-refractivity contribution in [2.75, 3.05) is 6.54 Å². The fraction of sp³-hybridized carbons (Fsp3) is 0.364. The van der Waals surface area contributed by atoms with Crippen molar-refractivity contribution in [1.82, 2.24) is 4.90 Å². The molecule has 2 atom stereocenters. The van der Waals surface area contributed by atoms with Gasteiger partial charge in [-0.2, -0.15) is 5.26 Å². The van der Waals surface area contributed by atoms with Crippen LogP contribution in [-0.4, -0.2) is 29.8 Å². The first-order valence-electron chi connectivity index (χ1n) is 9.55. The summed E-state index contributed by atoms with van der Waals surface area (Å²) in [5.74, 6) is -0.791. The highest BCUT2D eigenvalue weighted by atomic mass is 79.9. The van der Waals surface area contributed by atoms with Gasteiger partial charge in [0.15, 0.2) is 0 Å². The lowest BCUT2D eigenvalue weighted by Gasteiger charge is -2.36. The van der Waals surface area contributed by atoms with Crippen molar-refractivity contribution in [2.24, 2.45) is 11.7 Å². The summed E-state index contributed by atoms with van der Waals surface area (Å²) < 4.78 is 42.4. The number of nitrogens with zero attached hydrogens (tertiary/aromatic N) is 2. The normalized spacial score (nSPS) is 13.6. The van der Waals surface area contributed by atoms with Crippen molar-refractivity contribution in [1.29, 1.82) is 5.26 Å². The molecule has 0 aromatic heterocycles. The molecule has 2 N–H and O–H groups in total. The van der Waals surface area contributed by atoms with Crippen LogP contribution in [0.15, 0.2) is 53.0 Å². The molecule has 2 rings (SSSR count). The summed E-state index contributed by atoms with van der Waals surface area (Å²) in [7, 11) is 0. The number of halogens is 4. The van der Waals surface area contributed by atoms with Gasteiger partial charge in [0.25, 0.3) is 0 Å². The third kappa shape index (κ3) is 7.26. The van der Waals surface area contributed by atoms with E-state index in [4.69, 9.17) is 5.73 Å². The first-order chi connectivity index (χ1) is 14.5. The average Bonchev–Trinajstić information content (AvgIpc) is 2.67. The highest BCUT2D eigenvalue weighted by Crippen LogP contribution is 2.34. The van der Waals surface area contributed by atoms with Crippen molar-refractivity contribution in [3.8, 4) is 11.8 Å². The molecule has 2 aromatic carbocycles. The number of hydrogen-bond acceptors (Lipinski definition) is 4. The molecule has 9 heteroatoms. The Balaban J connectivity index is 2.56. The van der Waals surface area contributed by atoms with Gasteiger partial charge < -0.3 is 10.5 Å². The summed E-state index contributed by atoms with van der Waals surface area (Å²) in [5, 5.41) is 9.46. The second-order valence-corrected chi connectivity index (χ2v) is 8.36. The van der Waals surface area contributed by atoms with Crippen molar-refractivity contribution >= 4 is 21.8 Å². The number of amides is 1.